The van der Waals surface area contributed by atoms with Crippen LogP contribution >= 0.6 is 0 Å². The molecule has 442 valence electrons. The summed E-state index contributed by atoms with van der Waals surface area (Å²) in [6, 6.07) is 30.0. The lowest BCUT2D eigenvalue weighted by Crippen LogP contribution is -2.53. The molecule has 0 radical (unpaired) electrons. The van der Waals surface area contributed by atoms with Crippen molar-refractivity contribution in [3.05, 3.63) is 142 Å². The zero-order valence-electron chi connectivity index (χ0n) is 48.0. The molecule has 1 spiro atoms. The summed E-state index contributed by atoms with van der Waals surface area (Å²) in [7, 11) is 0. The molecule has 1 aromatic heterocycles. The van der Waals surface area contributed by atoms with Gasteiger partial charge in [0.1, 0.15) is 35.4 Å². The number of phenolic OH excluding ortho intramolecular Hbond substituents is 6. The number of aromatic hydroxyl groups is 6. The Bertz CT molecular complexity index is 3490. The number of aliphatic hydroxyl groups excluding tert-OH is 1. The zero-order valence-corrected chi connectivity index (χ0v) is 48.0. The Balaban J connectivity index is 0.949. The van der Waals surface area contributed by atoms with Crippen molar-refractivity contribution in [2.75, 3.05) is 6.73 Å². The molecule has 6 aromatic rings. The third kappa shape index (κ3) is 8.98. The molecule has 0 saturated heterocycles. The van der Waals surface area contributed by atoms with Crippen molar-refractivity contribution >= 4 is 5.78 Å². The van der Waals surface area contributed by atoms with Gasteiger partial charge in [0.2, 0.25) is 5.75 Å². The largest absolute Gasteiger partial charge is 0.508 e. The van der Waals surface area contributed by atoms with Crippen LogP contribution in [0.3, 0.4) is 0 Å². The molecule has 1 heterocycles. The van der Waals surface area contributed by atoms with Gasteiger partial charge in [-0.15, -0.1) is 0 Å². The van der Waals surface area contributed by atoms with Crippen molar-refractivity contribution < 1.29 is 55.1 Å². The monoisotopic (exact) mass is 1140 g/mol. The SMILES string of the molecule is NCOc1cc(CCC(=O)[C@@H]2C[C@@H](Cc3ccc(O)cc3O)[C@@H]3C[C@@H]4C[C@@H]([C@]56CC[C@]7(CC[C@@H](CCC8(O)CCCC8)C7)[C@H]5c5cc[nH]c5-c5ccccc56)[C@@H](c5cc(O)c(O)c(OC6(c7cccc(O)c7)CCCC6)c54)[C@@H]3[C@H]2O)ccc1O. The van der Waals surface area contributed by atoms with E-state index in [-0.39, 0.29) is 99.9 Å². The van der Waals surface area contributed by atoms with E-state index in [1.807, 2.05) is 12.1 Å². The molecule has 6 saturated carbocycles. The summed E-state index contributed by atoms with van der Waals surface area (Å²) in [6.45, 7) is -0.132. The number of rotatable bonds is 15. The first-order valence-corrected chi connectivity index (χ1v) is 31.5. The Morgan fingerprint density at radius 2 is 1.55 bits per heavy atom. The van der Waals surface area contributed by atoms with Crippen molar-refractivity contribution in [3.63, 3.8) is 0 Å². The average molecular weight is 1140 g/mol. The van der Waals surface area contributed by atoms with Crippen LogP contribution in [0.5, 0.6) is 46.0 Å². The van der Waals surface area contributed by atoms with E-state index < -0.39 is 40.5 Å². The maximum absolute atomic E-state index is 15.4. The van der Waals surface area contributed by atoms with Crippen LogP contribution in [0.15, 0.2) is 103 Å². The van der Waals surface area contributed by atoms with E-state index in [1.54, 1.807) is 48.5 Å². The minimum atomic E-state index is -1.13. The molecule has 0 aliphatic heterocycles. The number of aliphatic hydroxyl groups is 2. The lowest BCUT2D eigenvalue weighted by molar-refractivity contribution is -0.136. The van der Waals surface area contributed by atoms with E-state index in [9.17, 15) is 40.9 Å². The lowest BCUT2D eigenvalue weighted by atomic mass is 9.47. The number of Topliss-reactive ketones (excluding diaryl/α,β-unsaturated/α-hetero) is 1. The Hall–Kier alpha value is -6.67. The molecule has 84 heavy (non-hydrogen) atoms. The number of phenols is 6. The van der Waals surface area contributed by atoms with E-state index >= 15 is 4.79 Å². The fourth-order valence-electron chi connectivity index (χ4n) is 19.9. The van der Waals surface area contributed by atoms with Gasteiger partial charge >= 0.3 is 0 Å². The number of nitrogens with two attached hydrogens (primary N) is 1. The number of hydrogen-bond acceptors (Lipinski definition) is 12. The molecule has 13 nitrogen and oxygen atoms in total. The topological polar surface area (TPSA) is 239 Å². The third-order valence-electron chi connectivity index (χ3n) is 23.4. The molecule has 9 aliphatic carbocycles. The number of aryl methyl sites for hydroxylation is 1. The minimum Gasteiger partial charge on any atom is -0.508 e. The lowest BCUT2D eigenvalue weighted by Gasteiger charge is -2.56. The van der Waals surface area contributed by atoms with Crippen LogP contribution in [-0.2, 0) is 28.7 Å². The number of nitrogens with one attached hydrogen (secondary N) is 1. The highest BCUT2D eigenvalue weighted by Gasteiger charge is 2.69. The highest BCUT2D eigenvalue weighted by Crippen LogP contribution is 2.77. The molecule has 9 aliphatic rings. The molecule has 6 fully saturated rings. The van der Waals surface area contributed by atoms with Gasteiger partial charge in [0.25, 0.3) is 0 Å². The summed E-state index contributed by atoms with van der Waals surface area (Å²) in [4.78, 5) is 19.2. The number of aromatic amines is 1. The summed E-state index contributed by atoms with van der Waals surface area (Å²) >= 11 is 0. The summed E-state index contributed by atoms with van der Waals surface area (Å²) < 4.78 is 13.0. The summed E-state index contributed by atoms with van der Waals surface area (Å²) in [5.41, 5.74) is 12.6. The van der Waals surface area contributed by atoms with Gasteiger partial charge in [-0.2, -0.15) is 0 Å². The fraction of sp³-hybridized carbons (Fsp3) is 0.507. The van der Waals surface area contributed by atoms with Crippen LogP contribution < -0.4 is 15.2 Å². The Kier molecular flexibility index (Phi) is 13.9. The number of fused-ring (bicyclic) bond motifs is 9. The number of benzene rings is 5. The van der Waals surface area contributed by atoms with Gasteiger partial charge < -0.3 is 55.3 Å². The first-order valence-electron chi connectivity index (χ1n) is 31.5. The Morgan fingerprint density at radius 3 is 2.35 bits per heavy atom. The second-order valence-corrected chi connectivity index (χ2v) is 27.4. The predicted octanol–water partition coefficient (Wildman–Crippen LogP) is 13.0. The molecule has 0 unspecified atom stereocenters. The summed E-state index contributed by atoms with van der Waals surface area (Å²) in [5.74, 6) is -2.35. The minimum absolute atomic E-state index is 0.0353. The van der Waals surface area contributed by atoms with Crippen LogP contribution in [0.2, 0.25) is 0 Å². The highest BCUT2D eigenvalue weighted by atomic mass is 16.5. The van der Waals surface area contributed by atoms with Gasteiger partial charge in [-0.1, -0.05) is 61.4 Å². The maximum atomic E-state index is 15.4. The first kappa shape index (κ1) is 55.2. The smallest absolute Gasteiger partial charge is 0.200 e. The molecule has 12 atom stereocenters. The molecule has 11 N–H and O–H groups in total. The van der Waals surface area contributed by atoms with E-state index in [1.165, 1.54) is 22.8 Å². The van der Waals surface area contributed by atoms with Crippen molar-refractivity contribution in [1.29, 1.82) is 0 Å². The van der Waals surface area contributed by atoms with Gasteiger partial charge in [-0.3, -0.25) is 10.5 Å². The molecule has 15 rings (SSSR count). The number of ether oxygens (including phenoxy) is 2. The predicted molar refractivity (Wildman–Crippen MR) is 318 cm³/mol. The van der Waals surface area contributed by atoms with Crippen LogP contribution in [-0.4, -0.2) is 70.1 Å². The van der Waals surface area contributed by atoms with Crippen molar-refractivity contribution in [2.24, 2.45) is 46.7 Å². The van der Waals surface area contributed by atoms with Gasteiger partial charge in [-0.25, -0.2) is 0 Å². The van der Waals surface area contributed by atoms with Crippen LogP contribution in [0.1, 0.15) is 179 Å². The molecule has 0 amide bonds. The highest BCUT2D eigenvalue weighted by molar-refractivity contribution is 5.82. The van der Waals surface area contributed by atoms with Gasteiger partial charge in [0.05, 0.1) is 11.7 Å². The number of H-pyrrole nitrogens is 1. The Labute approximate surface area is 491 Å². The van der Waals surface area contributed by atoms with E-state index in [0.29, 0.717) is 56.4 Å². The molecular weight excluding hydrogens is 1060 g/mol. The third-order valence-corrected chi connectivity index (χ3v) is 23.4. The first-order chi connectivity index (χ1) is 40.6. The number of aromatic nitrogens is 1. The average Bonchev–Trinajstić information content (AvgIpc) is 1.46. The van der Waals surface area contributed by atoms with Crippen molar-refractivity contribution in [2.45, 2.75) is 175 Å². The molecule has 5 aromatic carbocycles. The quantitative estimate of drug-likeness (QED) is 0.0341. The molecule has 13 heteroatoms. The van der Waals surface area contributed by atoms with Crippen LogP contribution in [0.4, 0.5) is 0 Å². The van der Waals surface area contributed by atoms with E-state index in [2.05, 4.69) is 41.5 Å². The number of ketones is 1. The zero-order chi connectivity index (χ0) is 57.9. The second-order valence-electron chi connectivity index (χ2n) is 27.4. The number of carbonyl (C=O) groups excluding carboxylic acids is 1. The van der Waals surface area contributed by atoms with Crippen LogP contribution in [0, 0.1) is 40.9 Å². The Morgan fingerprint density at radius 1 is 0.750 bits per heavy atom. The normalized spacial score (nSPS) is 31.2. The van der Waals surface area contributed by atoms with Gasteiger partial charge in [0, 0.05) is 52.8 Å². The van der Waals surface area contributed by atoms with Gasteiger partial charge in [0.15, 0.2) is 23.0 Å². The van der Waals surface area contributed by atoms with Gasteiger partial charge in [-0.05, 0) is 238 Å². The van der Waals surface area contributed by atoms with Crippen LogP contribution in [0.25, 0.3) is 11.3 Å². The maximum Gasteiger partial charge on any atom is 0.200 e. The summed E-state index contributed by atoms with van der Waals surface area (Å²) in [5, 5.41) is 94.3. The summed E-state index contributed by atoms with van der Waals surface area (Å²) in [6.07, 6.45) is 17.3. The fourth-order valence-corrected chi connectivity index (χ4v) is 19.9. The standard InChI is InChI=1S/C71H82N2O11/c72-39-83-59-30-40(13-17-56(59)77)12-16-55(76)51-32-43(31-42-14-15-47(75)36-57(42)78)50-33-44-34-54(61(62(50)64(51)80)52-37-58(79)65(81)66(60(44)52)84-70(23-5-6-24-70)45-8-7-9-46(74)35-45)71-28-27-68(25-18-41(38-68)19-26-69(82)21-3-4-22-69)67(71)49-20-29-73-63(49)48-10-1-2-11-53(48)71/h1-2,7-11,13-15,17,20,29-30,35-37,41,43-44,50-51,54,61-62,64,67,73-75,77-82H,3-6,12,16,18-19,21-28,31-34,38-39,72H2/t41-,43+,44+,50-,51-,54+,61+,62+,64-,67+,68-,71+/m0/s1. The second kappa shape index (κ2) is 21.1. The van der Waals surface area contributed by atoms with E-state index in [4.69, 9.17) is 15.2 Å². The number of hydrogen-bond donors (Lipinski definition) is 10. The van der Waals surface area contributed by atoms with Crippen molar-refractivity contribution in [1.82, 2.24) is 4.98 Å². The molecule has 2 bridgehead atoms. The number of carbonyl (C=O) groups is 1. The molecular formula is C71H82N2O11. The van der Waals surface area contributed by atoms with E-state index in [0.717, 1.165) is 111 Å². The van der Waals surface area contributed by atoms with Crippen molar-refractivity contribution in [3.8, 4) is 57.3 Å².